The van der Waals surface area contributed by atoms with E-state index in [9.17, 15) is 4.79 Å². The number of amides is 1. The highest BCUT2D eigenvalue weighted by atomic mass is 16.5. The molecule has 1 fully saturated rings. The van der Waals surface area contributed by atoms with Gasteiger partial charge in [-0.1, -0.05) is 24.3 Å². The van der Waals surface area contributed by atoms with E-state index in [1.165, 1.54) is 5.56 Å². The minimum Gasteiger partial charge on any atom is -0.494 e. The zero-order valence-electron chi connectivity index (χ0n) is 13.3. The minimum atomic E-state index is 0.188. The second kappa shape index (κ2) is 6.99. The number of rotatable bonds is 4. The Kier molecular flexibility index (Phi) is 4.81. The fourth-order valence-electron chi connectivity index (χ4n) is 3.58. The van der Waals surface area contributed by atoms with E-state index in [2.05, 4.69) is 29.2 Å². The maximum atomic E-state index is 12.8. The number of nitrogens with zero attached hydrogens (tertiary/aromatic N) is 1. The summed E-state index contributed by atoms with van der Waals surface area (Å²) < 4.78 is 5.50. The van der Waals surface area contributed by atoms with Crippen molar-refractivity contribution in [3.05, 3.63) is 42.0 Å². The Balaban J connectivity index is 1.72. The Hall–Kier alpha value is -1.77. The molecule has 0 aromatic heterocycles. The molecule has 1 amide bonds. The van der Waals surface area contributed by atoms with Crippen molar-refractivity contribution in [1.82, 2.24) is 4.90 Å². The molecular weight excluding hydrogens is 274 g/mol. The highest BCUT2D eigenvalue weighted by Crippen LogP contribution is 2.35. The van der Waals surface area contributed by atoms with E-state index in [1.54, 1.807) is 0 Å². The first-order valence-electron chi connectivity index (χ1n) is 8.48. The third-order valence-corrected chi connectivity index (χ3v) is 4.73. The molecule has 0 radical (unpaired) electrons. The second-order valence-electron chi connectivity index (χ2n) is 6.17. The van der Waals surface area contributed by atoms with Gasteiger partial charge in [-0.2, -0.15) is 0 Å². The molecule has 0 bridgehead atoms. The van der Waals surface area contributed by atoms with Crippen LogP contribution >= 0.6 is 0 Å². The molecule has 1 aromatic carbocycles. The van der Waals surface area contributed by atoms with Gasteiger partial charge in [0.15, 0.2) is 0 Å². The SMILES string of the molecule is CCOc1ccc([C@@H]2CCCN2C(=O)[C@@H]2CC=CCC2)cc1. The fraction of sp³-hybridized carbons (Fsp3) is 0.526. The zero-order chi connectivity index (χ0) is 15.4. The monoisotopic (exact) mass is 299 g/mol. The van der Waals surface area contributed by atoms with Crippen molar-refractivity contribution in [1.29, 1.82) is 0 Å². The standard InChI is InChI=1S/C19H25NO2/c1-2-22-17-12-10-15(11-13-17)18-9-6-14-20(18)19(21)16-7-4-3-5-8-16/h3-4,10-13,16,18H,2,5-9,14H2,1H3/t16-,18+/m1/s1. The van der Waals surface area contributed by atoms with Crippen molar-refractivity contribution in [3.8, 4) is 5.75 Å². The predicted octanol–water partition coefficient (Wildman–Crippen LogP) is 4.11. The number of likely N-dealkylation sites (tertiary alicyclic amines) is 1. The fourth-order valence-corrected chi connectivity index (χ4v) is 3.58. The van der Waals surface area contributed by atoms with Crippen molar-refractivity contribution in [2.24, 2.45) is 5.92 Å². The lowest BCUT2D eigenvalue weighted by atomic mass is 9.92. The predicted molar refractivity (Wildman–Crippen MR) is 87.8 cm³/mol. The van der Waals surface area contributed by atoms with Crippen LogP contribution in [0.1, 0.15) is 50.6 Å². The molecular formula is C19H25NO2. The van der Waals surface area contributed by atoms with E-state index in [1.807, 2.05) is 19.1 Å². The molecule has 0 saturated carbocycles. The molecule has 1 heterocycles. The number of ether oxygens (including phenoxy) is 1. The lowest BCUT2D eigenvalue weighted by molar-refractivity contribution is -0.136. The van der Waals surface area contributed by atoms with E-state index < -0.39 is 0 Å². The summed E-state index contributed by atoms with van der Waals surface area (Å²) >= 11 is 0. The van der Waals surface area contributed by atoms with Crippen LogP contribution in [-0.2, 0) is 4.79 Å². The van der Waals surface area contributed by atoms with Crippen LogP contribution in [0.4, 0.5) is 0 Å². The smallest absolute Gasteiger partial charge is 0.226 e. The average Bonchev–Trinajstić information content (AvgIpc) is 3.05. The molecule has 1 saturated heterocycles. The van der Waals surface area contributed by atoms with Gasteiger partial charge in [0, 0.05) is 12.5 Å². The first-order chi connectivity index (χ1) is 10.8. The Bertz CT molecular complexity index is 535. The van der Waals surface area contributed by atoms with Gasteiger partial charge >= 0.3 is 0 Å². The van der Waals surface area contributed by atoms with Crippen LogP contribution in [-0.4, -0.2) is 24.0 Å². The lowest BCUT2D eigenvalue weighted by Gasteiger charge is -2.29. The van der Waals surface area contributed by atoms with Crippen molar-refractivity contribution in [2.75, 3.05) is 13.2 Å². The number of carbonyl (C=O) groups is 1. The Morgan fingerprint density at radius 1 is 1.23 bits per heavy atom. The molecule has 1 aliphatic heterocycles. The molecule has 3 heteroatoms. The topological polar surface area (TPSA) is 29.5 Å². The van der Waals surface area contributed by atoms with Crippen LogP contribution in [0.25, 0.3) is 0 Å². The number of benzene rings is 1. The van der Waals surface area contributed by atoms with Crippen molar-refractivity contribution in [2.45, 2.75) is 45.1 Å². The molecule has 3 rings (SSSR count). The summed E-state index contributed by atoms with van der Waals surface area (Å²) in [4.78, 5) is 14.9. The second-order valence-corrected chi connectivity index (χ2v) is 6.17. The van der Waals surface area contributed by atoms with Crippen molar-refractivity contribution in [3.63, 3.8) is 0 Å². The van der Waals surface area contributed by atoms with Crippen molar-refractivity contribution < 1.29 is 9.53 Å². The Morgan fingerprint density at radius 2 is 2.05 bits per heavy atom. The summed E-state index contributed by atoms with van der Waals surface area (Å²) in [5.41, 5.74) is 1.24. The summed E-state index contributed by atoms with van der Waals surface area (Å²) in [5.74, 6) is 1.44. The zero-order valence-corrected chi connectivity index (χ0v) is 13.3. The van der Waals surface area contributed by atoms with Gasteiger partial charge in [0.2, 0.25) is 5.91 Å². The molecule has 1 aromatic rings. The summed E-state index contributed by atoms with van der Waals surface area (Å²) in [6.07, 6.45) is 9.48. The van der Waals surface area contributed by atoms with Gasteiger partial charge in [-0.3, -0.25) is 4.79 Å². The van der Waals surface area contributed by atoms with Gasteiger partial charge in [0.25, 0.3) is 0 Å². The Morgan fingerprint density at radius 3 is 2.73 bits per heavy atom. The molecule has 22 heavy (non-hydrogen) atoms. The summed E-state index contributed by atoms with van der Waals surface area (Å²) in [7, 11) is 0. The van der Waals surface area contributed by atoms with E-state index in [-0.39, 0.29) is 12.0 Å². The first kappa shape index (κ1) is 15.1. The quantitative estimate of drug-likeness (QED) is 0.783. The van der Waals surface area contributed by atoms with Gasteiger partial charge in [-0.15, -0.1) is 0 Å². The van der Waals surface area contributed by atoms with Gasteiger partial charge in [-0.05, 0) is 56.7 Å². The van der Waals surface area contributed by atoms with Crippen molar-refractivity contribution >= 4 is 5.91 Å². The first-order valence-corrected chi connectivity index (χ1v) is 8.48. The average molecular weight is 299 g/mol. The maximum Gasteiger partial charge on any atom is 0.226 e. The van der Waals surface area contributed by atoms with E-state index >= 15 is 0 Å². The van der Waals surface area contributed by atoms with Gasteiger partial charge in [0.05, 0.1) is 12.6 Å². The largest absolute Gasteiger partial charge is 0.494 e. The van der Waals surface area contributed by atoms with Crippen LogP contribution in [0.3, 0.4) is 0 Å². The molecule has 1 aliphatic carbocycles. The third-order valence-electron chi connectivity index (χ3n) is 4.73. The maximum absolute atomic E-state index is 12.8. The molecule has 2 aliphatic rings. The molecule has 0 unspecified atom stereocenters. The van der Waals surface area contributed by atoms with Gasteiger partial charge in [0.1, 0.15) is 5.75 Å². The highest BCUT2D eigenvalue weighted by molar-refractivity contribution is 5.80. The molecule has 0 N–H and O–H groups in total. The third kappa shape index (κ3) is 3.18. The van der Waals surface area contributed by atoms with Crippen LogP contribution in [0, 0.1) is 5.92 Å². The number of allylic oxidation sites excluding steroid dienone is 2. The van der Waals surface area contributed by atoms with Crippen LogP contribution in [0.15, 0.2) is 36.4 Å². The summed E-state index contributed by atoms with van der Waals surface area (Å²) in [6, 6.07) is 8.50. The van der Waals surface area contributed by atoms with E-state index in [4.69, 9.17) is 4.74 Å². The number of hydrogen-bond donors (Lipinski definition) is 0. The normalized spacial score (nSPS) is 24.5. The van der Waals surface area contributed by atoms with Gasteiger partial charge < -0.3 is 9.64 Å². The molecule has 2 atom stereocenters. The number of carbonyl (C=O) groups excluding carboxylic acids is 1. The van der Waals surface area contributed by atoms with Crippen LogP contribution in [0.5, 0.6) is 5.75 Å². The highest BCUT2D eigenvalue weighted by Gasteiger charge is 2.33. The molecule has 3 nitrogen and oxygen atoms in total. The van der Waals surface area contributed by atoms with Gasteiger partial charge in [-0.25, -0.2) is 0 Å². The number of hydrogen-bond acceptors (Lipinski definition) is 2. The van der Waals surface area contributed by atoms with E-state index in [0.29, 0.717) is 12.5 Å². The minimum absolute atomic E-state index is 0.188. The van der Waals surface area contributed by atoms with Crippen LogP contribution < -0.4 is 4.74 Å². The molecule has 0 spiro atoms. The summed E-state index contributed by atoms with van der Waals surface area (Å²) in [6.45, 7) is 3.57. The van der Waals surface area contributed by atoms with Crippen LogP contribution in [0.2, 0.25) is 0 Å². The summed E-state index contributed by atoms with van der Waals surface area (Å²) in [5, 5.41) is 0. The lowest BCUT2D eigenvalue weighted by Crippen LogP contribution is -2.36. The molecule has 118 valence electrons. The van der Waals surface area contributed by atoms with E-state index in [0.717, 1.165) is 44.4 Å². The Labute approximate surface area is 133 Å².